The number of aromatic amines is 1. The Morgan fingerprint density at radius 1 is 1.06 bits per heavy atom. The van der Waals surface area contributed by atoms with Crippen LogP contribution in [0.25, 0.3) is 21.8 Å². The molecular formula is C21H23N7O2S. The summed E-state index contributed by atoms with van der Waals surface area (Å²) in [4.78, 5) is 14.1. The van der Waals surface area contributed by atoms with Crippen LogP contribution in [0.1, 0.15) is 0 Å². The van der Waals surface area contributed by atoms with E-state index in [1.165, 1.54) is 6.26 Å². The number of sulfone groups is 1. The maximum absolute atomic E-state index is 12.3. The third-order valence-corrected chi connectivity index (χ3v) is 6.76. The number of nitrogens with zero attached hydrogens (tertiary/aromatic N) is 5. The molecule has 10 heteroatoms. The van der Waals surface area contributed by atoms with Crippen molar-refractivity contribution in [1.29, 1.82) is 0 Å². The van der Waals surface area contributed by atoms with Gasteiger partial charge < -0.3 is 15.1 Å². The van der Waals surface area contributed by atoms with Crippen LogP contribution >= 0.6 is 0 Å². The molecule has 31 heavy (non-hydrogen) atoms. The SMILES string of the molecule is CN1CCN(c2ccc(Nc3nc4cccc(S(C)(=O)=O)c4c4cn[nH]c34)cn2)CC1. The molecule has 1 aromatic carbocycles. The van der Waals surface area contributed by atoms with Crippen LogP contribution in [0.5, 0.6) is 0 Å². The zero-order valence-corrected chi connectivity index (χ0v) is 18.1. The molecule has 2 N–H and O–H groups in total. The second-order valence-corrected chi connectivity index (χ2v) is 9.85. The first-order chi connectivity index (χ1) is 14.9. The van der Waals surface area contributed by atoms with Gasteiger partial charge in [-0.05, 0) is 31.3 Å². The highest BCUT2D eigenvalue weighted by Crippen LogP contribution is 2.33. The van der Waals surface area contributed by atoms with E-state index >= 15 is 0 Å². The molecule has 160 valence electrons. The monoisotopic (exact) mass is 437 g/mol. The van der Waals surface area contributed by atoms with E-state index in [4.69, 9.17) is 0 Å². The standard InChI is InChI=1S/C21H23N7O2S/c1-27-8-10-28(11-9-27)18-7-6-14(12-22-18)24-21-20-15(13-23-26-20)19-16(25-21)4-3-5-17(19)31(2,29)30/h3-7,12-13H,8-11H2,1-2H3,(H,23,26)(H,24,25). The number of anilines is 3. The molecule has 0 bridgehead atoms. The Morgan fingerprint density at radius 2 is 1.87 bits per heavy atom. The molecule has 5 rings (SSSR count). The molecule has 4 aromatic rings. The summed E-state index contributed by atoms with van der Waals surface area (Å²) in [6, 6.07) is 9.08. The van der Waals surface area contributed by atoms with Gasteiger partial charge in [-0.1, -0.05) is 6.07 Å². The van der Waals surface area contributed by atoms with E-state index in [-0.39, 0.29) is 4.90 Å². The molecule has 0 radical (unpaired) electrons. The smallest absolute Gasteiger partial charge is 0.176 e. The zero-order valence-electron chi connectivity index (χ0n) is 17.3. The Hall–Kier alpha value is -3.24. The van der Waals surface area contributed by atoms with E-state index in [0.717, 1.165) is 37.7 Å². The summed E-state index contributed by atoms with van der Waals surface area (Å²) in [5, 5.41) is 11.7. The number of piperazine rings is 1. The molecule has 1 fully saturated rings. The van der Waals surface area contributed by atoms with Gasteiger partial charge in [-0.2, -0.15) is 5.10 Å². The molecule has 0 saturated carbocycles. The number of fused-ring (bicyclic) bond motifs is 3. The van der Waals surface area contributed by atoms with E-state index in [1.807, 2.05) is 12.1 Å². The molecule has 1 aliphatic rings. The number of likely N-dealkylation sites (N-methyl/N-ethyl adjacent to an activating group) is 1. The van der Waals surface area contributed by atoms with Crippen molar-refractivity contribution in [2.24, 2.45) is 0 Å². The minimum atomic E-state index is -3.41. The van der Waals surface area contributed by atoms with Crippen LogP contribution in [0.3, 0.4) is 0 Å². The van der Waals surface area contributed by atoms with Crippen molar-refractivity contribution in [3.63, 3.8) is 0 Å². The van der Waals surface area contributed by atoms with Gasteiger partial charge in [0.05, 0.1) is 28.5 Å². The lowest BCUT2D eigenvalue weighted by molar-refractivity contribution is 0.312. The number of hydrogen-bond donors (Lipinski definition) is 2. The molecule has 1 aliphatic heterocycles. The molecule has 3 aromatic heterocycles. The van der Waals surface area contributed by atoms with Gasteiger partial charge in [0.1, 0.15) is 11.3 Å². The lowest BCUT2D eigenvalue weighted by Crippen LogP contribution is -2.44. The van der Waals surface area contributed by atoms with Crippen LogP contribution < -0.4 is 10.2 Å². The van der Waals surface area contributed by atoms with Crippen LogP contribution in [-0.2, 0) is 9.84 Å². The highest BCUT2D eigenvalue weighted by atomic mass is 32.2. The first-order valence-corrected chi connectivity index (χ1v) is 11.9. The fourth-order valence-electron chi connectivity index (χ4n) is 3.93. The summed E-state index contributed by atoms with van der Waals surface area (Å²) in [5.74, 6) is 1.52. The fourth-order valence-corrected chi connectivity index (χ4v) is 4.85. The largest absolute Gasteiger partial charge is 0.354 e. The minimum Gasteiger partial charge on any atom is -0.354 e. The molecule has 0 unspecified atom stereocenters. The second-order valence-electron chi connectivity index (χ2n) is 7.86. The van der Waals surface area contributed by atoms with E-state index in [9.17, 15) is 8.42 Å². The second kappa shape index (κ2) is 7.47. The number of rotatable bonds is 4. The molecule has 9 nitrogen and oxygen atoms in total. The Bertz CT molecular complexity index is 1360. The number of nitrogens with one attached hydrogen (secondary N) is 2. The summed E-state index contributed by atoms with van der Waals surface area (Å²) in [5.41, 5.74) is 2.02. The van der Waals surface area contributed by atoms with Crippen molar-refractivity contribution in [3.8, 4) is 0 Å². The van der Waals surface area contributed by atoms with Crippen molar-refractivity contribution in [2.45, 2.75) is 4.90 Å². The Balaban J connectivity index is 1.50. The third-order valence-electron chi connectivity index (χ3n) is 5.62. The van der Waals surface area contributed by atoms with Crippen molar-refractivity contribution >= 4 is 49.0 Å². The highest BCUT2D eigenvalue weighted by Gasteiger charge is 2.19. The van der Waals surface area contributed by atoms with Gasteiger partial charge in [-0.15, -0.1) is 0 Å². The van der Waals surface area contributed by atoms with Crippen LogP contribution in [-0.4, -0.2) is 73.0 Å². The molecular weight excluding hydrogens is 414 g/mol. The van der Waals surface area contributed by atoms with E-state index in [1.54, 1.807) is 30.6 Å². The van der Waals surface area contributed by atoms with Crippen LogP contribution in [0.2, 0.25) is 0 Å². The molecule has 4 heterocycles. The van der Waals surface area contributed by atoms with E-state index in [0.29, 0.717) is 27.6 Å². The molecule has 0 spiro atoms. The van der Waals surface area contributed by atoms with Crippen LogP contribution in [0, 0.1) is 0 Å². The van der Waals surface area contributed by atoms with Gasteiger partial charge in [0, 0.05) is 43.2 Å². The maximum atomic E-state index is 12.3. The summed E-state index contributed by atoms with van der Waals surface area (Å²) in [6.07, 6.45) is 4.62. The van der Waals surface area contributed by atoms with Crippen molar-refractivity contribution in [1.82, 2.24) is 25.1 Å². The van der Waals surface area contributed by atoms with Gasteiger partial charge in [-0.25, -0.2) is 18.4 Å². The predicted octanol–water partition coefficient (Wildman–Crippen LogP) is 2.41. The van der Waals surface area contributed by atoms with Crippen LogP contribution in [0.15, 0.2) is 47.6 Å². The maximum Gasteiger partial charge on any atom is 0.176 e. The number of aromatic nitrogens is 4. The summed E-state index contributed by atoms with van der Waals surface area (Å²) in [7, 11) is -1.28. The molecule has 1 saturated heterocycles. The zero-order chi connectivity index (χ0) is 21.6. The fraction of sp³-hybridized carbons (Fsp3) is 0.286. The summed E-state index contributed by atoms with van der Waals surface area (Å²) < 4.78 is 24.6. The first-order valence-electron chi connectivity index (χ1n) is 10.0. The van der Waals surface area contributed by atoms with Gasteiger partial charge in [0.25, 0.3) is 0 Å². The van der Waals surface area contributed by atoms with Gasteiger partial charge in [0.2, 0.25) is 0 Å². The first kappa shape index (κ1) is 19.7. The number of H-pyrrole nitrogens is 1. The van der Waals surface area contributed by atoms with Crippen molar-refractivity contribution in [2.75, 3.05) is 49.7 Å². The van der Waals surface area contributed by atoms with Crippen molar-refractivity contribution < 1.29 is 8.42 Å². The summed E-state index contributed by atoms with van der Waals surface area (Å²) in [6.45, 7) is 3.96. The molecule has 0 atom stereocenters. The Kier molecular flexibility index (Phi) is 4.75. The third kappa shape index (κ3) is 3.68. The van der Waals surface area contributed by atoms with Gasteiger partial charge >= 0.3 is 0 Å². The normalized spacial score (nSPS) is 15.6. The minimum absolute atomic E-state index is 0.244. The topological polar surface area (TPSA) is 107 Å². The Labute approximate surface area is 180 Å². The highest BCUT2D eigenvalue weighted by molar-refractivity contribution is 7.91. The number of pyridine rings is 2. The average molecular weight is 438 g/mol. The number of hydrogen-bond acceptors (Lipinski definition) is 8. The van der Waals surface area contributed by atoms with Crippen molar-refractivity contribution in [3.05, 3.63) is 42.7 Å². The molecule has 0 amide bonds. The van der Waals surface area contributed by atoms with E-state index in [2.05, 4.69) is 42.3 Å². The molecule has 0 aliphatic carbocycles. The number of benzene rings is 1. The van der Waals surface area contributed by atoms with Gasteiger partial charge in [0.15, 0.2) is 15.7 Å². The summed E-state index contributed by atoms with van der Waals surface area (Å²) >= 11 is 0. The Morgan fingerprint density at radius 3 is 2.58 bits per heavy atom. The van der Waals surface area contributed by atoms with Gasteiger partial charge in [-0.3, -0.25) is 5.10 Å². The van der Waals surface area contributed by atoms with Crippen LogP contribution in [0.4, 0.5) is 17.3 Å². The lowest BCUT2D eigenvalue weighted by Gasteiger charge is -2.33. The van der Waals surface area contributed by atoms with E-state index < -0.39 is 9.84 Å². The lowest BCUT2D eigenvalue weighted by atomic mass is 10.1. The quantitative estimate of drug-likeness (QED) is 0.501. The predicted molar refractivity (Wildman–Crippen MR) is 122 cm³/mol. The average Bonchev–Trinajstić information content (AvgIpc) is 3.24.